The van der Waals surface area contributed by atoms with E-state index in [0.717, 1.165) is 12.8 Å². The summed E-state index contributed by atoms with van der Waals surface area (Å²) < 4.78 is 15.4. The monoisotopic (exact) mass is 281 g/mol. The maximum atomic E-state index is 11.7. The van der Waals surface area contributed by atoms with Crippen LogP contribution < -0.4 is 9.47 Å². The van der Waals surface area contributed by atoms with Gasteiger partial charge < -0.3 is 14.2 Å². The fourth-order valence-corrected chi connectivity index (χ4v) is 1.86. The minimum atomic E-state index is -0.754. The maximum Gasteiger partial charge on any atom is 0.347 e. The smallest absolute Gasteiger partial charge is 0.347 e. The predicted octanol–water partition coefficient (Wildman–Crippen LogP) is 1.93. The van der Waals surface area contributed by atoms with Gasteiger partial charge in [-0.25, -0.2) is 4.79 Å². The second-order valence-corrected chi connectivity index (χ2v) is 4.49. The number of carbonyl (C=O) groups is 1. The average molecular weight is 281 g/mol. The van der Waals surface area contributed by atoms with E-state index in [9.17, 15) is 14.9 Å². The van der Waals surface area contributed by atoms with E-state index in [0.29, 0.717) is 5.75 Å². The highest BCUT2D eigenvalue weighted by atomic mass is 16.6. The minimum Gasteiger partial charge on any atom is -0.493 e. The molecule has 0 radical (unpaired) electrons. The molecule has 0 heterocycles. The lowest BCUT2D eigenvalue weighted by molar-refractivity contribution is -0.385. The van der Waals surface area contributed by atoms with Gasteiger partial charge >= 0.3 is 5.97 Å². The van der Waals surface area contributed by atoms with Gasteiger partial charge in [-0.15, -0.1) is 0 Å². The van der Waals surface area contributed by atoms with Crippen LogP contribution in [0.15, 0.2) is 18.2 Å². The number of non-ortho nitro benzene ring substituents is 1. The number of methoxy groups -OCH3 is 2. The molecule has 0 amide bonds. The number of carbonyl (C=O) groups excluding carboxylic acids is 1. The second kappa shape index (κ2) is 5.77. The van der Waals surface area contributed by atoms with Gasteiger partial charge in [0.2, 0.25) is 0 Å². The molecule has 1 aliphatic rings. The van der Waals surface area contributed by atoms with Crippen molar-refractivity contribution in [1.82, 2.24) is 0 Å². The van der Waals surface area contributed by atoms with Gasteiger partial charge in [0, 0.05) is 12.0 Å². The number of nitrogens with zero attached hydrogens (tertiary/aromatic N) is 1. The molecule has 1 atom stereocenters. The summed E-state index contributed by atoms with van der Waals surface area (Å²) in [5, 5.41) is 10.8. The Kier molecular flexibility index (Phi) is 4.07. The Bertz CT molecular complexity index is 526. The summed E-state index contributed by atoms with van der Waals surface area (Å²) in [5.74, 6) is 0.113. The molecule has 0 aliphatic heterocycles. The van der Waals surface area contributed by atoms with Gasteiger partial charge in [0.15, 0.2) is 17.6 Å². The summed E-state index contributed by atoms with van der Waals surface area (Å²) in [5.41, 5.74) is -0.125. The third kappa shape index (κ3) is 2.98. The molecular formula is C13H15NO6. The van der Waals surface area contributed by atoms with Crippen LogP contribution in [0.5, 0.6) is 11.5 Å². The fourth-order valence-electron chi connectivity index (χ4n) is 1.86. The highest BCUT2D eigenvalue weighted by Gasteiger charge is 2.39. The molecule has 1 aromatic rings. The Morgan fingerprint density at radius 1 is 1.35 bits per heavy atom. The van der Waals surface area contributed by atoms with Crippen LogP contribution in [-0.2, 0) is 9.53 Å². The van der Waals surface area contributed by atoms with Crippen molar-refractivity contribution in [3.05, 3.63) is 28.3 Å². The second-order valence-electron chi connectivity index (χ2n) is 4.49. The van der Waals surface area contributed by atoms with Gasteiger partial charge in [-0.05, 0) is 18.9 Å². The van der Waals surface area contributed by atoms with Gasteiger partial charge in [0.05, 0.1) is 25.2 Å². The number of hydrogen-bond acceptors (Lipinski definition) is 6. The summed E-state index contributed by atoms with van der Waals surface area (Å²) in [7, 11) is 2.71. The number of hydrogen-bond donors (Lipinski definition) is 0. The zero-order chi connectivity index (χ0) is 14.7. The summed E-state index contributed by atoms with van der Waals surface area (Å²) in [6, 6.07) is 4.00. The van der Waals surface area contributed by atoms with Crippen molar-refractivity contribution in [2.24, 2.45) is 5.92 Å². The molecule has 0 N–H and O–H groups in total. The molecule has 1 saturated carbocycles. The lowest BCUT2D eigenvalue weighted by Gasteiger charge is -2.17. The molecule has 1 aromatic carbocycles. The molecule has 1 unspecified atom stereocenters. The Balaban J connectivity index is 2.27. The van der Waals surface area contributed by atoms with Gasteiger partial charge in [0.1, 0.15) is 0 Å². The molecule has 7 heteroatoms. The topological polar surface area (TPSA) is 87.9 Å². The first-order chi connectivity index (χ1) is 9.56. The Morgan fingerprint density at radius 2 is 2.05 bits per heavy atom. The van der Waals surface area contributed by atoms with E-state index in [1.807, 2.05) is 0 Å². The van der Waals surface area contributed by atoms with Crippen molar-refractivity contribution in [3.63, 3.8) is 0 Å². The van der Waals surface area contributed by atoms with Crippen LogP contribution in [0.4, 0.5) is 5.69 Å². The van der Waals surface area contributed by atoms with Crippen molar-refractivity contribution >= 4 is 11.7 Å². The van der Waals surface area contributed by atoms with E-state index < -0.39 is 17.0 Å². The predicted molar refractivity (Wildman–Crippen MR) is 68.8 cm³/mol. The largest absolute Gasteiger partial charge is 0.493 e. The van der Waals surface area contributed by atoms with Crippen LogP contribution in [0.3, 0.4) is 0 Å². The first kappa shape index (κ1) is 14.1. The molecule has 0 spiro atoms. The number of rotatable bonds is 6. The first-order valence-corrected chi connectivity index (χ1v) is 6.13. The molecule has 108 valence electrons. The number of nitro groups is 1. The van der Waals surface area contributed by atoms with Crippen LogP contribution >= 0.6 is 0 Å². The normalized spacial score (nSPS) is 15.3. The van der Waals surface area contributed by atoms with Crippen LogP contribution in [-0.4, -0.2) is 31.2 Å². The highest BCUT2D eigenvalue weighted by molar-refractivity contribution is 5.76. The lowest BCUT2D eigenvalue weighted by Crippen LogP contribution is -2.30. The Hall–Kier alpha value is -2.31. The van der Waals surface area contributed by atoms with E-state index in [2.05, 4.69) is 0 Å². The number of ether oxygens (including phenoxy) is 3. The lowest BCUT2D eigenvalue weighted by atomic mass is 10.2. The molecule has 0 saturated heterocycles. The molecule has 20 heavy (non-hydrogen) atoms. The van der Waals surface area contributed by atoms with Crippen LogP contribution in [0, 0.1) is 16.0 Å². The van der Waals surface area contributed by atoms with Gasteiger partial charge in [-0.2, -0.15) is 0 Å². The van der Waals surface area contributed by atoms with Crippen LogP contribution in [0.1, 0.15) is 12.8 Å². The number of nitro benzene ring substituents is 1. The molecule has 1 aliphatic carbocycles. The highest BCUT2D eigenvalue weighted by Crippen LogP contribution is 2.38. The van der Waals surface area contributed by atoms with E-state index >= 15 is 0 Å². The molecular weight excluding hydrogens is 266 g/mol. The minimum absolute atomic E-state index is 0.0893. The SMILES string of the molecule is COC(=O)C(Oc1cc([N+](=O)[O-])ccc1OC)C1CC1. The molecule has 1 fully saturated rings. The number of benzene rings is 1. The van der Waals surface area contributed by atoms with E-state index in [1.54, 1.807) is 0 Å². The standard InChI is InChI=1S/C13H15NO6/c1-18-10-6-5-9(14(16)17)7-11(10)20-12(8-3-4-8)13(15)19-2/h5-8,12H,3-4H2,1-2H3. The average Bonchev–Trinajstić information content (AvgIpc) is 3.28. The van der Waals surface area contributed by atoms with E-state index in [-0.39, 0.29) is 17.4 Å². The van der Waals surface area contributed by atoms with E-state index in [4.69, 9.17) is 14.2 Å². The van der Waals surface area contributed by atoms with Crippen molar-refractivity contribution in [3.8, 4) is 11.5 Å². The maximum absolute atomic E-state index is 11.7. The van der Waals surface area contributed by atoms with Crippen molar-refractivity contribution < 1.29 is 23.9 Å². The molecule has 2 rings (SSSR count). The zero-order valence-electron chi connectivity index (χ0n) is 11.2. The Morgan fingerprint density at radius 3 is 2.55 bits per heavy atom. The Labute approximate surface area is 115 Å². The van der Waals surface area contributed by atoms with Crippen molar-refractivity contribution in [2.45, 2.75) is 18.9 Å². The van der Waals surface area contributed by atoms with Gasteiger partial charge in [-0.3, -0.25) is 10.1 Å². The third-order valence-corrected chi connectivity index (χ3v) is 3.10. The molecule has 7 nitrogen and oxygen atoms in total. The van der Waals surface area contributed by atoms with Crippen molar-refractivity contribution in [2.75, 3.05) is 14.2 Å². The summed E-state index contributed by atoms with van der Waals surface area (Å²) in [4.78, 5) is 22.0. The van der Waals surface area contributed by atoms with E-state index in [1.165, 1.54) is 32.4 Å². The quantitative estimate of drug-likeness (QED) is 0.450. The van der Waals surface area contributed by atoms with Crippen molar-refractivity contribution in [1.29, 1.82) is 0 Å². The number of esters is 1. The first-order valence-electron chi connectivity index (χ1n) is 6.13. The van der Waals surface area contributed by atoms with Crippen LogP contribution in [0.25, 0.3) is 0 Å². The van der Waals surface area contributed by atoms with Crippen LogP contribution in [0.2, 0.25) is 0 Å². The van der Waals surface area contributed by atoms with Gasteiger partial charge in [-0.1, -0.05) is 0 Å². The summed E-state index contributed by atoms with van der Waals surface area (Å²) in [6.07, 6.45) is 0.990. The molecule has 0 bridgehead atoms. The fraction of sp³-hybridized carbons (Fsp3) is 0.462. The van der Waals surface area contributed by atoms with Gasteiger partial charge in [0.25, 0.3) is 5.69 Å². The summed E-state index contributed by atoms with van der Waals surface area (Å²) in [6.45, 7) is 0. The summed E-state index contributed by atoms with van der Waals surface area (Å²) >= 11 is 0. The zero-order valence-corrected chi connectivity index (χ0v) is 11.2. The third-order valence-electron chi connectivity index (χ3n) is 3.10. The molecule has 0 aromatic heterocycles.